The Labute approximate surface area is 183 Å². The van der Waals surface area contributed by atoms with Crippen LogP contribution in [-0.2, 0) is 14.8 Å². The van der Waals surface area contributed by atoms with Crippen LogP contribution in [0.4, 0.5) is 11.4 Å². The molecule has 31 heavy (non-hydrogen) atoms. The first-order valence-corrected chi connectivity index (χ1v) is 11.8. The zero-order valence-electron chi connectivity index (χ0n) is 17.8. The van der Waals surface area contributed by atoms with Crippen molar-refractivity contribution in [3.05, 3.63) is 84.4 Å². The van der Waals surface area contributed by atoms with Crippen molar-refractivity contribution in [3.8, 4) is 11.5 Å². The van der Waals surface area contributed by atoms with Crippen molar-refractivity contribution in [3.63, 3.8) is 0 Å². The van der Waals surface area contributed by atoms with Crippen molar-refractivity contribution in [2.45, 2.75) is 19.8 Å². The molecular formula is C24H26N2O4S. The number of rotatable bonds is 8. The third-order valence-electron chi connectivity index (χ3n) is 4.67. The Bertz CT molecular complexity index is 1130. The standard InChI is InChI=1S/C24H26N2O4S/c1-18(2)19-13-15-20(16-14-19)26(31(3,28)29)17-24(27)25-22-11-7-8-12-23(22)30-21-9-5-4-6-10-21/h4-16,18H,17H2,1-3H3,(H,25,27). The molecule has 162 valence electrons. The van der Waals surface area contributed by atoms with Gasteiger partial charge >= 0.3 is 0 Å². The van der Waals surface area contributed by atoms with Gasteiger partial charge in [-0.05, 0) is 47.9 Å². The largest absolute Gasteiger partial charge is 0.455 e. The molecule has 0 saturated heterocycles. The number of amides is 1. The molecule has 1 N–H and O–H groups in total. The van der Waals surface area contributed by atoms with Gasteiger partial charge in [-0.25, -0.2) is 8.42 Å². The number of anilines is 2. The van der Waals surface area contributed by atoms with Gasteiger partial charge in [-0.2, -0.15) is 0 Å². The molecule has 0 heterocycles. The van der Waals surface area contributed by atoms with Crippen LogP contribution in [0.5, 0.6) is 11.5 Å². The van der Waals surface area contributed by atoms with Crippen LogP contribution < -0.4 is 14.4 Å². The first kappa shape index (κ1) is 22.4. The van der Waals surface area contributed by atoms with E-state index in [1.807, 2.05) is 42.5 Å². The van der Waals surface area contributed by atoms with E-state index in [4.69, 9.17) is 4.74 Å². The number of carbonyl (C=O) groups excluding carboxylic acids is 1. The fourth-order valence-electron chi connectivity index (χ4n) is 3.02. The molecule has 0 atom stereocenters. The number of ether oxygens (including phenoxy) is 1. The Balaban J connectivity index is 1.78. The van der Waals surface area contributed by atoms with Crippen molar-refractivity contribution >= 4 is 27.3 Å². The molecule has 0 unspecified atom stereocenters. The van der Waals surface area contributed by atoms with E-state index >= 15 is 0 Å². The van der Waals surface area contributed by atoms with E-state index in [0.717, 1.165) is 16.1 Å². The highest BCUT2D eigenvalue weighted by Crippen LogP contribution is 2.29. The maximum absolute atomic E-state index is 12.7. The molecule has 0 aliphatic rings. The highest BCUT2D eigenvalue weighted by atomic mass is 32.2. The summed E-state index contributed by atoms with van der Waals surface area (Å²) < 4.78 is 31.7. The number of para-hydroxylation sites is 3. The van der Waals surface area contributed by atoms with Gasteiger partial charge in [0.25, 0.3) is 0 Å². The molecule has 0 bridgehead atoms. The summed E-state index contributed by atoms with van der Waals surface area (Å²) >= 11 is 0. The number of nitrogens with zero attached hydrogens (tertiary/aromatic N) is 1. The van der Waals surface area contributed by atoms with Crippen molar-refractivity contribution in [1.29, 1.82) is 0 Å². The van der Waals surface area contributed by atoms with Gasteiger partial charge in [0.05, 0.1) is 17.6 Å². The van der Waals surface area contributed by atoms with E-state index in [-0.39, 0.29) is 6.54 Å². The minimum absolute atomic E-state index is 0.324. The number of carbonyl (C=O) groups is 1. The van der Waals surface area contributed by atoms with Crippen LogP contribution in [0.25, 0.3) is 0 Å². The highest BCUT2D eigenvalue weighted by molar-refractivity contribution is 7.92. The summed E-state index contributed by atoms with van der Waals surface area (Å²) in [6.45, 7) is 3.77. The van der Waals surface area contributed by atoms with Gasteiger partial charge in [0, 0.05) is 0 Å². The molecule has 0 aliphatic carbocycles. The number of benzene rings is 3. The molecule has 6 nitrogen and oxygen atoms in total. The zero-order valence-corrected chi connectivity index (χ0v) is 18.6. The smallest absolute Gasteiger partial charge is 0.245 e. The Kier molecular flexibility index (Phi) is 6.97. The zero-order chi connectivity index (χ0) is 22.4. The number of nitrogens with one attached hydrogen (secondary N) is 1. The van der Waals surface area contributed by atoms with Crippen LogP contribution in [0.1, 0.15) is 25.3 Å². The molecule has 3 aromatic carbocycles. The van der Waals surface area contributed by atoms with Gasteiger partial charge in [0.15, 0.2) is 5.75 Å². The molecule has 7 heteroatoms. The van der Waals surface area contributed by atoms with Crippen LogP contribution in [-0.4, -0.2) is 27.1 Å². The van der Waals surface area contributed by atoms with Crippen LogP contribution in [0, 0.1) is 0 Å². The van der Waals surface area contributed by atoms with Crippen molar-refractivity contribution in [2.75, 3.05) is 22.4 Å². The highest BCUT2D eigenvalue weighted by Gasteiger charge is 2.21. The van der Waals surface area contributed by atoms with Crippen LogP contribution >= 0.6 is 0 Å². The first-order chi connectivity index (χ1) is 14.7. The topological polar surface area (TPSA) is 75.7 Å². The van der Waals surface area contributed by atoms with Gasteiger partial charge in [0.1, 0.15) is 12.3 Å². The Morgan fingerprint density at radius 2 is 1.55 bits per heavy atom. The average molecular weight is 439 g/mol. The molecule has 1 amide bonds. The Morgan fingerprint density at radius 3 is 2.16 bits per heavy atom. The minimum Gasteiger partial charge on any atom is -0.455 e. The minimum atomic E-state index is -3.66. The molecule has 3 aromatic rings. The average Bonchev–Trinajstić information content (AvgIpc) is 2.73. The predicted octanol–water partition coefficient (Wildman–Crippen LogP) is 5.01. The molecular weight excluding hydrogens is 412 g/mol. The summed E-state index contributed by atoms with van der Waals surface area (Å²) in [5.74, 6) is 0.953. The summed E-state index contributed by atoms with van der Waals surface area (Å²) in [5.41, 5.74) is 1.99. The number of hydrogen-bond donors (Lipinski definition) is 1. The molecule has 0 aromatic heterocycles. The third-order valence-corrected chi connectivity index (χ3v) is 5.81. The van der Waals surface area contributed by atoms with Crippen molar-refractivity contribution < 1.29 is 17.9 Å². The lowest BCUT2D eigenvalue weighted by Gasteiger charge is -2.22. The second-order valence-electron chi connectivity index (χ2n) is 7.48. The van der Waals surface area contributed by atoms with E-state index in [2.05, 4.69) is 19.2 Å². The molecule has 0 spiro atoms. The number of sulfonamides is 1. The SMILES string of the molecule is CC(C)c1ccc(N(CC(=O)Nc2ccccc2Oc2ccccc2)S(C)(=O)=O)cc1. The first-order valence-electron chi connectivity index (χ1n) is 9.93. The predicted molar refractivity (Wildman–Crippen MR) is 124 cm³/mol. The van der Waals surface area contributed by atoms with Crippen molar-refractivity contribution in [2.24, 2.45) is 0 Å². The lowest BCUT2D eigenvalue weighted by atomic mass is 10.0. The maximum atomic E-state index is 12.7. The van der Waals surface area contributed by atoms with Crippen molar-refractivity contribution in [1.82, 2.24) is 0 Å². The van der Waals surface area contributed by atoms with E-state index < -0.39 is 15.9 Å². The van der Waals surface area contributed by atoms with E-state index in [1.165, 1.54) is 0 Å². The van der Waals surface area contributed by atoms with Gasteiger partial charge < -0.3 is 10.1 Å². The Morgan fingerprint density at radius 1 is 0.935 bits per heavy atom. The molecule has 3 rings (SSSR count). The Hall–Kier alpha value is -3.32. The van der Waals surface area contributed by atoms with Crippen LogP contribution in [0.15, 0.2) is 78.9 Å². The number of hydrogen-bond acceptors (Lipinski definition) is 4. The summed E-state index contributed by atoms with van der Waals surface area (Å²) in [6.07, 6.45) is 1.09. The quantitative estimate of drug-likeness (QED) is 0.537. The second kappa shape index (κ2) is 9.66. The van der Waals surface area contributed by atoms with Gasteiger partial charge in [-0.1, -0.05) is 56.3 Å². The van der Waals surface area contributed by atoms with Gasteiger partial charge in [-0.15, -0.1) is 0 Å². The maximum Gasteiger partial charge on any atom is 0.245 e. The third kappa shape index (κ3) is 6.08. The summed E-state index contributed by atoms with van der Waals surface area (Å²) in [4.78, 5) is 12.7. The van der Waals surface area contributed by atoms with E-state index in [0.29, 0.717) is 28.8 Å². The van der Waals surface area contributed by atoms with Gasteiger partial charge in [-0.3, -0.25) is 9.10 Å². The molecule has 0 radical (unpaired) electrons. The molecule has 0 aliphatic heterocycles. The van der Waals surface area contributed by atoms with Gasteiger partial charge in [0.2, 0.25) is 15.9 Å². The monoisotopic (exact) mass is 438 g/mol. The fourth-order valence-corrected chi connectivity index (χ4v) is 3.88. The van der Waals surface area contributed by atoms with Crippen LogP contribution in [0.3, 0.4) is 0 Å². The molecule has 0 fully saturated rings. The summed E-state index contributed by atoms with van der Waals surface area (Å²) in [5, 5.41) is 2.76. The summed E-state index contributed by atoms with van der Waals surface area (Å²) in [7, 11) is -3.66. The normalized spacial score (nSPS) is 11.2. The molecule has 0 saturated carbocycles. The van der Waals surface area contributed by atoms with E-state index in [9.17, 15) is 13.2 Å². The lowest BCUT2D eigenvalue weighted by Crippen LogP contribution is -2.37. The second-order valence-corrected chi connectivity index (χ2v) is 9.38. The summed E-state index contributed by atoms with van der Waals surface area (Å²) in [6, 6.07) is 23.4. The fraction of sp³-hybridized carbons (Fsp3) is 0.208. The van der Waals surface area contributed by atoms with E-state index in [1.54, 1.807) is 36.4 Å². The van der Waals surface area contributed by atoms with Crippen LogP contribution in [0.2, 0.25) is 0 Å². The lowest BCUT2D eigenvalue weighted by molar-refractivity contribution is -0.114.